The third kappa shape index (κ3) is 8.62. The summed E-state index contributed by atoms with van der Waals surface area (Å²) in [5.41, 5.74) is -0.573. The first-order valence-corrected chi connectivity index (χ1v) is 8.34. The molecule has 0 saturated heterocycles. The van der Waals surface area contributed by atoms with Gasteiger partial charge in [0.2, 0.25) is 17.7 Å². The Bertz CT molecular complexity index is 585. The van der Waals surface area contributed by atoms with Crippen LogP contribution in [-0.2, 0) is 14.4 Å². The van der Waals surface area contributed by atoms with Crippen LogP contribution in [0.5, 0.6) is 0 Å². The van der Waals surface area contributed by atoms with Gasteiger partial charge in [-0.3, -0.25) is 19.7 Å². The van der Waals surface area contributed by atoms with Gasteiger partial charge in [0.25, 0.3) is 0 Å². The molecular weight excluding hydrogens is 332 g/mol. The molecule has 0 fully saturated rings. The van der Waals surface area contributed by atoms with Crippen LogP contribution in [0.15, 0.2) is 36.5 Å². The van der Waals surface area contributed by atoms with Gasteiger partial charge in [0.15, 0.2) is 0 Å². The summed E-state index contributed by atoms with van der Waals surface area (Å²) in [6.07, 6.45) is 0. The first-order valence-electron chi connectivity index (χ1n) is 8.34. The van der Waals surface area contributed by atoms with Crippen LogP contribution < -0.4 is 21.3 Å². The monoisotopic (exact) mass is 364 g/mol. The normalized spacial score (nSPS) is 11.3. The Balaban J connectivity index is 5.71. The predicted octanol–water partition coefficient (Wildman–Crippen LogP) is 1.15. The van der Waals surface area contributed by atoms with Gasteiger partial charge in [-0.25, -0.2) is 0 Å². The number of carbonyl (C=O) groups is 3. The van der Waals surface area contributed by atoms with Gasteiger partial charge < -0.3 is 16.0 Å². The quantitative estimate of drug-likeness (QED) is 0.364. The summed E-state index contributed by atoms with van der Waals surface area (Å²) in [5, 5.41) is 11.6. The second kappa shape index (κ2) is 9.33. The highest BCUT2D eigenvalue weighted by atomic mass is 16.2. The average Bonchev–Trinajstić information content (AvgIpc) is 2.48. The topological polar surface area (TPSA) is 99.3 Å². The van der Waals surface area contributed by atoms with E-state index in [0.717, 1.165) is 0 Å². The van der Waals surface area contributed by atoms with E-state index in [9.17, 15) is 14.4 Å². The molecule has 0 aliphatic rings. The maximum atomic E-state index is 12.3. The zero-order valence-electron chi connectivity index (χ0n) is 16.8. The molecule has 7 heteroatoms. The second-order valence-electron chi connectivity index (χ2n) is 7.62. The Morgan fingerprint density at radius 1 is 0.731 bits per heavy atom. The van der Waals surface area contributed by atoms with Crippen LogP contribution in [0.4, 0.5) is 0 Å². The van der Waals surface area contributed by atoms with E-state index in [0.29, 0.717) is 16.7 Å². The van der Waals surface area contributed by atoms with Gasteiger partial charge in [0.1, 0.15) is 5.66 Å². The third-order valence-electron chi connectivity index (χ3n) is 3.23. The van der Waals surface area contributed by atoms with Crippen molar-refractivity contribution in [2.75, 3.05) is 13.1 Å². The molecule has 0 aliphatic carbocycles. The maximum absolute atomic E-state index is 12.3. The van der Waals surface area contributed by atoms with Crippen molar-refractivity contribution in [2.45, 2.75) is 52.7 Å². The molecule has 0 bridgehead atoms. The number of nitrogens with one attached hydrogen (secondary N) is 4. The molecular formula is C19H32N4O3. The molecule has 4 N–H and O–H groups in total. The van der Waals surface area contributed by atoms with Crippen molar-refractivity contribution >= 4 is 17.7 Å². The number of carbonyl (C=O) groups excluding carboxylic acids is 3. The number of amides is 3. The molecule has 0 atom stereocenters. The van der Waals surface area contributed by atoms with E-state index in [4.69, 9.17) is 0 Å². The van der Waals surface area contributed by atoms with Gasteiger partial charge >= 0.3 is 0 Å². The van der Waals surface area contributed by atoms with Gasteiger partial charge in [-0.15, -0.1) is 0 Å². The third-order valence-corrected chi connectivity index (χ3v) is 3.23. The number of hydrogen-bond donors (Lipinski definition) is 4. The van der Waals surface area contributed by atoms with E-state index in [1.807, 2.05) is 20.8 Å². The predicted molar refractivity (Wildman–Crippen MR) is 104 cm³/mol. The van der Waals surface area contributed by atoms with Crippen molar-refractivity contribution in [2.24, 2.45) is 0 Å². The molecule has 0 heterocycles. The summed E-state index contributed by atoms with van der Waals surface area (Å²) in [6.45, 7) is 21.4. The molecule has 7 nitrogen and oxygen atoms in total. The molecule has 146 valence electrons. The van der Waals surface area contributed by atoms with Crippen LogP contribution in [-0.4, -0.2) is 42.0 Å². The van der Waals surface area contributed by atoms with E-state index in [-0.39, 0.29) is 24.9 Å². The van der Waals surface area contributed by atoms with Crippen LogP contribution in [0.2, 0.25) is 0 Å². The summed E-state index contributed by atoms with van der Waals surface area (Å²) < 4.78 is 0. The zero-order valence-corrected chi connectivity index (χ0v) is 16.8. The highest BCUT2D eigenvalue weighted by Crippen LogP contribution is 2.10. The Hall–Kier alpha value is -2.41. The zero-order chi connectivity index (χ0) is 20.7. The molecule has 0 saturated carbocycles. The van der Waals surface area contributed by atoms with Gasteiger partial charge in [-0.05, 0) is 41.5 Å². The minimum Gasteiger partial charge on any atom is -0.349 e. The molecule has 0 aromatic rings. The lowest BCUT2D eigenvalue weighted by Crippen LogP contribution is -2.72. The molecule has 26 heavy (non-hydrogen) atoms. The van der Waals surface area contributed by atoms with Crippen molar-refractivity contribution in [3.8, 4) is 0 Å². The lowest BCUT2D eigenvalue weighted by atomic mass is 10.0. The largest absolute Gasteiger partial charge is 0.349 e. The second-order valence-corrected chi connectivity index (χ2v) is 7.62. The van der Waals surface area contributed by atoms with Gasteiger partial charge in [0, 0.05) is 22.3 Å². The summed E-state index contributed by atoms with van der Waals surface area (Å²) in [7, 11) is 0. The molecule has 0 aromatic carbocycles. The van der Waals surface area contributed by atoms with Crippen molar-refractivity contribution in [1.82, 2.24) is 21.3 Å². The van der Waals surface area contributed by atoms with Gasteiger partial charge in [0.05, 0.1) is 13.1 Å². The minimum atomic E-state index is -1.13. The first-order chi connectivity index (χ1) is 11.7. The molecule has 3 amide bonds. The average molecular weight is 364 g/mol. The van der Waals surface area contributed by atoms with E-state index >= 15 is 0 Å². The van der Waals surface area contributed by atoms with E-state index in [1.165, 1.54) is 0 Å². The Kier molecular flexibility index (Phi) is 8.47. The molecule has 0 unspecified atom stereocenters. The van der Waals surface area contributed by atoms with Crippen molar-refractivity contribution in [1.29, 1.82) is 0 Å². The molecule has 0 radical (unpaired) electrons. The highest BCUT2D eigenvalue weighted by Gasteiger charge is 2.36. The molecule has 0 aromatic heterocycles. The summed E-state index contributed by atoms with van der Waals surface area (Å²) in [5.74, 6) is -1.09. The fourth-order valence-electron chi connectivity index (χ4n) is 2.08. The highest BCUT2D eigenvalue weighted by molar-refractivity contribution is 5.94. The molecule has 0 aliphatic heterocycles. The van der Waals surface area contributed by atoms with E-state index in [1.54, 1.807) is 20.8 Å². The van der Waals surface area contributed by atoms with E-state index < -0.39 is 17.1 Å². The van der Waals surface area contributed by atoms with Crippen LogP contribution in [0.3, 0.4) is 0 Å². The Labute approximate surface area is 156 Å². The number of rotatable bonds is 9. The summed E-state index contributed by atoms with van der Waals surface area (Å²) in [4.78, 5) is 36.2. The van der Waals surface area contributed by atoms with Crippen LogP contribution in [0.1, 0.15) is 41.5 Å². The standard InChI is InChI=1S/C19H32N4O3/c1-12(2)15(24)20-10-19(23-18(7,8)9,22-17(26)14(5)6)11-21-16(25)13(3)4/h23H,1,3,5,10-11H2,2,4,6-9H3,(H,20,24)(H,21,25)(H,22,26). The Morgan fingerprint density at radius 2 is 1.08 bits per heavy atom. The lowest BCUT2D eigenvalue weighted by molar-refractivity contribution is -0.123. The first kappa shape index (κ1) is 23.6. The number of hydrogen-bond acceptors (Lipinski definition) is 4. The Morgan fingerprint density at radius 3 is 1.35 bits per heavy atom. The smallest absolute Gasteiger partial charge is 0.247 e. The SMILES string of the molecule is C=C(C)C(=O)NCC(CNC(=O)C(=C)C)(NC(=O)C(=C)C)NC(C)(C)C. The van der Waals surface area contributed by atoms with Crippen molar-refractivity contribution < 1.29 is 14.4 Å². The lowest BCUT2D eigenvalue weighted by Gasteiger charge is -2.41. The molecule has 0 rings (SSSR count). The fraction of sp³-hybridized carbons (Fsp3) is 0.526. The summed E-state index contributed by atoms with van der Waals surface area (Å²) in [6, 6.07) is 0. The van der Waals surface area contributed by atoms with E-state index in [2.05, 4.69) is 41.0 Å². The maximum Gasteiger partial charge on any atom is 0.247 e. The summed E-state index contributed by atoms with van der Waals surface area (Å²) >= 11 is 0. The van der Waals surface area contributed by atoms with Gasteiger partial charge in [-0.2, -0.15) is 0 Å². The van der Waals surface area contributed by atoms with Crippen LogP contribution in [0, 0.1) is 0 Å². The van der Waals surface area contributed by atoms with Crippen molar-refractivity contribution in [3.05, 3.63) is 36.5 Å². The van der Waals surface area contributed by atoms with Crippen LogP contribution in [0.25, 0.3) is 0 Å². The fourth-order valence-corrected chi connectivity index (χ4v) is 2.08. The van der Waals surface area contributed by atoms with Crippen molar-refractivity contribution in [3.63, 3.8) is 0 Å². The van der Waals surface area contributed by atoms with Gasteiger partial charge in [-0.1, -0.05) is 19.7 Å². The van der Waals surface area contributed by atoms with Crippen LogP contribution >= 0.6 is 0 Å². The minimum absolute atomic E-state index is 0.0332. The molecule has 0 spiro atoms.